The lowest BCUT2D eigenvalue weighted by Crippen LogP contribution is -2.40. The highest BCUT2D eigenvalue weighted by Crippen LogP contribution is 2.18. The average molecular weight is 405 g/mol. The Hall–Kier alpha value is -2.54. The Morgan fingerprint density at radius 1 is 1.14 bits per heavy atom. The third-order valence-electron chi connectivity index (χ3n) is 4.18. The van der Waals surface area contributed by atoms with E-state index in [1.54, 1.807) is 18.2 Å². The molecule has 2 rings (SSSR count). The Morgan fingerprint density at radius 3 is 2.46 bits per heavy atom. The van der Waals surface area contributed by atoms with Crippen molar-refractivity contribution < 1.29 is 17.9 Å². The van der Waals surface area contributed by atoms with Crippen molar-refractivity contribution in [1.82, 2.24) is 5.32 Å². The molecule has 0 bridgehead atoms. The van der Waals surface area contributed by atoms with E-state index >= 15 is 0 Å². The summed E-state index contributed by atoms with van der Waals surface area (Å²) >= 11 is 0. The number of carbonyl (C=O) groups excluding carboxylic acids is 1. The fourth-order valence-corrected chi connectivity index (χ4v) is 3.66. The van der Waals surface area contributed by atoms with E-state index < -0.39 is 10.0 Å². The lowest BCUT2D eigenvalue weighted by atomic mass is 10.1. The number of hydrogen-bond donors (Lipinski definition) is 1. The molecule has 0 aliphatic rings. The molecule has 0 radical (unpaired) electrons. The quantitative estimate of drug-likeness (QED) is 0.618. The smallest absolute Gasteiger partial charge is 0.240 e. The van der Waals surface area contributed by atoms with Gasteiger partial charge in [0.1, 0.15) is 12.3 Å². The number of hydrogen-bond acceptors (Lipinski definition) is 4. The van der Waals surface area contributed by atoms with Crippen LogP contribution in [-0.2, 0) is 21.2 Å². The van der Waals surface area contributed by atoms with E-state index in [-0.39, 0.29) is 12.5 Å². The predicted molar refractivity (Wildman–Crippen MR) is 112 cm³/mol. The molecule has 0 atom stereocenters. The first-order valence-corrected chi connectivity index (χ1v) is 11.2. The number of aryl methyl sites for hydroxylation is 2. The van der Waals surface area contributed by atoms with E-state index in [2.05, 4.69) is 5.32 Å². The molecule has 1 amide bonds. The van der Waals surface area contributed by atoms with Gasteiger partial charge in [0.25, 0.3) is 0 Å². The molecule has 28 heavy (non-hydrogen) atoms. The average Bonchev–Trinajstić information content (AvgIpc) is 2.64. The standard InChI is InChI=1S/C21H28N2O4S/c1-4-27-20-12-10-18(11-13-20)8-6-14-22-21(24)16-23(28(3,25)26)19-9-5-7-17(2)15-19/h5,7,9-13,15H,4,6,8,14,16H2,1-3H3,(H,22,24). The topological polar surface area (TPSA) is 75.7 Å². The normalized spacial score (nSPS) is 11.1. The maximum absolute atomic E-state index is 12.3. The first-order chi connectivity index (χ1) is 13.3. The highest BCUT2D eigenvalue weighted by Gasteiger charge is 2.20. The van der Waals surface area contributed by atoms with Crippen LogP contribution in [0, 0.1) is 6.92 Å². The Morgan fingerprint density at radius 2 is 1.86 bits per heavy atom. The SMILES string of the molecule is CCOc1ccc(CCCNC(=O)CN(c2cccc(C)c2)S(C)(=O)=O)cc1. The van der Waals surface area contributed by atoms with Crippen LogP contribution in [0.1, 0.15) is 24.5 Å². The van der Waals surface area contributed by atoms with Gasteiger partial charge in [-0.25, -0.2) is 8.42 Å². The number of rotatable bonds is 10. The molecule has 0 spiro atoms. The molecule has 1 N–H and O–H groups in total. The molecule has 0 aliphatic heterocycles. The molecular formula is C21H28N2O4S. The molecule has 152 valence electrons. The van der Waals surface area contributed by atoms with Crippen LogP contribution in [0.2, 0.25) is 0 Å². The number of ether oxygens (including phenoxy) is 1. The molecule has 6 nitrogen and oxygen atoms in total. The van der Waals surface area contributed by atoms with Crippen LogP contribution in [0.4, 0.5) is 5.69 Å². The molecule has 0 saturated carbocycles. The lowest BCUT2D eigenvalue weighted by Gasteiger charge is -2.22. The molecule has 0 aliphatic carbocycles. The van der Waals surface area contributed by atoms with Crippen molar-refractivity contribution in [2.75, 3.05) is 30.3 Å². The second-order valence-electron chi connectivity index (χ2n) is 6.64. The van der Waals surface area contributed by atoms with Gasteiger partial charge in [0.05, 0.1) is 18.6 Å². The Labute approximate surface area is 167 Å². The van der Waals surface area contributed by atoms with Crippen LogP contribution < -0.4 is 14.4 Å². The second kappa shape index (κ2) is 10.1. The van der Waals surface area contributed by atoms with Crippen molar-refractivity contribution in [2.24, 2.45) is 0 Å². The lowest BCUT2D eigenvalue weighted by molar-refractivity contribution is -0.119. The van der Waals surface area contributed by atoms with Crippen molar-refractivity contribution >= 4 is 21.6 Å². The van der Waals surface area contributed by atoms with E-state index in [1.807, 2.05) is 44.2 Å². The van der Waals surface area contributed by atoms with Crippen LogP contribution in [0.5, 0.6) is 5.75 Å². The number of sulfonamides is 1. The number of carbonyl (C=O) groups is 1. The molecule has 7 heteroatoms. The van der Waals surface area contributed by atoms with Gasteiger partial charge in [-0.3, -0.25) is 9.10 Å². The summed E-state index contributed by atoms with van der Waals surface area (Å²) in [7, 11) is -3.55. The molecule has 2 aromatic rings. The minimum absolute atomic E-state index is 0.231. The zero-order valence-electron chi connectivity index (χ0n) is 16.6. The van der Waals surface area contributed by atoms with Crippen LogP contribution in [0.15, 0.2) is 48.5 Å². The van der Waals surface area contributed by atoms with Gasteiger partial charge in [-0.2, -0.15) is 0 Å². The van der Waals surface area contributed by atoms with Crippen LogP contribution >= 0.6 is 0 Å². The van der Waals surface area contributed by atoms with Gasteiger partial charge in [-0.1, -0.05) is 24.3 Å². The summed E-state index contributed by atoms with van der Waals surface area (Å²) < 4.78 is 30.7. The molecule has 0 unspecified atom stereocenters. The van der Waals surface area contributed by atoms with Crippen molar-refractivity contribution in [3.63, 3.8) is 0 Å². The number of benzene rings is 2. The summed E-state index contributed by atoms with van der Waals surface area (Å²) in [6.07, 6.45) is 2.69. The number of nitrogens with zero attached hydrogens (tertiary/aromatic N) is 1. The van der Waals surface area contributed by atoms with E-state index in [1.165, 1.54) is 0 Å². The summed E-state index contributed by atoms with van der Waals surface area (Å²) in [6, 6.07) is 15.0. The largest absolute Gasteiger partial charge is 0.494 e. The van der Waals surface area contributed by atoms with Crippen molar-refractivity contribution in [2.45, 2.75) is 26.7 Å². The molecule has 0 saturated heterocycles. The van der Waals surface area contributed by atoms with Gasteiger partial charge in [-0.15, -0.1) is 0 Å². The predicted octanol–water partition coefficient (Wildman–Crippen LogP) is 2.91. The number of anilines is 1. The van der Waals surface area contributed by atoms with Crippen LogP contribution in [0.3, 0.4) is 0 Å². The maximum atomic E-state index is 12.3. The second-order valence-corrected chi connectivity index (χ2v) is 8.55. The van der Waals surface area contributed by atoms with Crippen molar-refractivity contribution in [3.8, 4) is 5.75 Å². The molecule has 0 fully saturated rings. The first kappa shape index (κ1) is 21.8. The van der Waals surface area contributed by atoms with Crippen LogP contribution in [0.25, 0.3) is 0 Å². The van der Waals surface area contributed by atoms with Gasteiger partial charge in [0.15, 0.2) is 0 Å². The zero-order valence-corrected chi connectivity index (χ0v) is 17.5. The summed E-state index contributed by atoms with van der Waals surface area (Å²) in [5.74, 6) is 0.523. The van der Waals surface area contributed by atoms with Crippen molar-refractivity contribution in [1.29, 1.82) is 0 Å². The summed E-state index contributed by atoms with van der Waals surface area (Å²) in [5, 5.41) is 2.80. The van der Waals surface area contributed by atoms with Gasteiger partial charge in [-0.05, 0) is 62.1 Å². The minimum atomic E-state index is -3.55. The summed E-state index contributed by atoms with van der Waals surface area (Å²) in [4.78, 5) is 12.3. The van der Waals surface area contributed by atoms with E-state index in [0.717, 1.165) is 40.3 Å². The van der Waals surface area contributed by atoms with E-state index in [9.17, 15) is 13.2 Å². The third-order valence-corrected chi connectivity index (χ3v) is 5.32. The number of amides is 1. The highest BCUT2D eigenvalue weighted by molar-refractivity contribution is 7.92. The van der Waals surface area contributed by atoms with Crippen molar-refractivity contribution in [3.05, 3.63) is 59.7 Å². The fraction of sp³-hybridized carbons (Fsp3) is 0.381. The van der Waals surface area contributed by atoms with E-state index in [4.69, 9.17) is 4.74 Å². The van der Waals surface area contributed by atoms with Crippen LogP contribution in [-0.4, -0.2) is 40.3 Å². The molecule has 0 heterocycles. The van der Waals surface area contributed by atoms with E-state index in [0.29, 0.717) is 18.8 Å². The Kier molecular flexibility index (Phi) is 7.87. The minimum Gasteiger partial charge on any atom is -0.494 e. The third kappa shape index (κ3) is 6.88. The molecule has 2 aromatic carbocycles. The summed E-state index contributed by atoms with van der Waals surface area (Å²) in [5.41, 5.74) is 2.59. The maximum Gasteiger partial charge on any atom is 0.240 e. The zero-order chi connectivity index (χ0) is 20.6. The Bertz CT molecular complexity index is 880. The molecular weight excluding hydrogens is 376 g/mol. The monoisotopic (exact) mass is 404 g/mol. The van der Waals surface area contributed by atoms with Gasteiger partial charge in [0, 0.05) is 6.54 Å². The molecule has 0 aromatic heterocycles. The Balaban J connectivity index is 1.84. The fourth-order valence-electron chi connectivity index (χ4n) is 2.81. The first-order valence-electron chi connectivity index (χ1n) is 9.32. The van der Waals surface area contributed by atoms with Gasteiger partial charge >= 0.3 is 0 Å². The number of nitrogens with one attached hydrogen (secondary N) is 1. The van der Waals surface area contributed by atoms with Gasteiger partial charge in [0.2, 0.25) is 15.9 Å². The van der Waals surface area contributed by atoms with Gasteiger partial charge < -0.3 is 10.1 Å². The highest BCUT2D eigenvalue weighted by atomic mass is 32.2. The summed E-state index contributed by atoms with van der Waals surface area (Å²) in [6.45, 7) is 4.71.